The van der Waals surface area contributed by atoms with Gasteiger partial charge in [0, 0.05) is 13.2 Å². The molecule has 0 aliphatic carbocycles. The van der Waals surface area contributed by atoms with Crippen molar-refractivity contribution < 1.29 is 14.6 Å². The van der Waals surface area contributed by atoms with E-state index in [9.17, 15) is 4.79 Å². The molecule has 0 bridgehead atoms. The first-order valence-corrected chi connectivity index (χ1v) is 4.28. The molecule has 0 aromatic carbocycles. The third-order valence-corrected chi connectivity index (χ3v) is 2.05. The van der Waals surface area contributed by atoms with Crippen molar-refractivity contribution in [2.75, 3.05) is 13.2 Å². The van der Waals surface area contributed by atoms with Crippen LogP contribution >= 0.6 is 0 Å². The van der Waals surface area contributed by atoms with E-state index < -0.39 is 12.0 Å². The molecule has 0 radical (unpaired) electrons. The Kier molecular flexibility index (Phi) is 3.49. The minimum atomic E-state index is -0.812. The minimum absolute atomic E-state index is 0.215. The number of carboxylic acid groups (broad SMARTS) is 1. The van der Waals surface area contributed by atoms with Gasteiger partial charge in [-0.1, -0.05) is 0 Å². The number of ether oxygens (including phenoxy) is 1. The molecule has 70 valence electrons. The zero-order chi connectivity index (χ0) is 8.97. The van der Waals surface area contributed by atoms with E-state index in [2.05, 4.69) is 5.32 Å². The number of carbonyl (C=O) groups is 1. The number of rotatable bonds is 4. The molecule has 4 nitrogen and oxygen atoms in total. The molecule has 1 rings (SSSR count). The second kappa shape index (κ2) is 4.42. The first-order chi connectivity index (χ1) is 5.70. The van der Waals surface area contributed by atoms with Crippen LogP contribution in [0.2, 0.25) is 0 Å². The molecule has 2 N–H and O–H groups in total. The van der Waals surface area contributed by atoms with Gasteiger partial charge in [-0.3, -0.25) is 4.79 Å². The van der Waals surface area contributed by atoms with Crippen LogP contribution in [0.25, 0.3) is 0 Å². The van der Waals surface area contributed by atoms with E-state index in [1.807, 2.05) is 0 Å². The first kappa shape index (κ1) is 9.48. The van der Waals surface area contributed by atoms with Crippen molar-refractivity contribution >= 4 is 5.97 Å². The summed E-state index contributed by atoms with van der Waals surface area (Å²) in [7, 11) is 0. The van der Waals surface area contributed by atoms with Gasteiger partial charge in [0.2, 0.25) is 0 Å². The molecule has 0 spiro atoms. The molecule has 1 aliphatic heterocycles. The summed E-state index contributed by atoms with van der Waals surface area (Å²) in [5.41, 5.74) is 0. The molecule has 1 fully saturated rings. The van der Waals surface area contributed by atoms with E-state index in [0.717, 1.165) is 19.4 Å². The summed E-state index contributed by atoms with van der Waals surface area (Å²) in [6.45, 7) is 3.10. The molecular weight excluding hydrogens is 158 g/mol. The Bertz CT molecular complexity index is 154. The minimum Gasteiger partial charge on any atom is -0.480 e. The predicted octanol–water partition coefficient (Wildman–Crippen LogP) is 0.228. The normalized spacial score (nSPS) is 25.6. The van der Waals surface area contributed by atoms with Crippen molar-refractivity contribution in [1.82, 2.24) is 5.32 Å². The lowest BCUT2D eigenvalue weighted by molar-refractivity contribution is -0.139. The molecule has 1 saturated heterocycles. The standard InChI is InChI=1S/C8H15NO3/c1-6(8(10)11)9-5-7-3-2-4-12-7/h6-7,9H,2-5H2,1H3,(H,10,11)/t6-,7-/m0/s1. The predicted molar refractivity (Wildman–Crippen MR) is 44.1 cm³/mol. The molecule has 4 heteroatoms. The molecule has 2 atom stereocenters. The molecule has 0 unspecified atom stereocenters. The molecule has 12 heavy (non-hydrogen) atoms. The zero-order valence-electron chi connectivity index (χ0n) is 7.25. The summed E-state index contributed by atoms with van der Waals surface area (Å²) < 4.78 is 5.33. The molecule has 1 heterocycles. The smallest absolute Gasteiger partial charge is 0.320 e. The molecule has 0 amide bonds. The zero-order valence-corrected chi connectivity index (χ0v) is 7.25. The third kappa shape index (κ3) is 2.79. The van der Waals surface area contributed by atoms with Gasteiger partial charge < -0.3 is 15.2 Å². The fourth-order valence-electron chi connectivity index (χ4n) is 1.20. The van der Waals surface area contributed by atoms with E-state index in [0.29, 0.717) is 6.54 Å². The number of carboxylic acids is 1. The summed E-state index contributed by atoms with van der Waals surface area (Å²) in [5, 5.41) is 11.5. The Hall–Kier alpha value is -0.610. The van der Waals surface area contributed by atoms with Crippen LogP contribution < -0.4 is 5.32 Å². The summed E-state index contributed by atoms with van der Waals surface area (Å²) in [6.07, 6.45) is 2.35. The van der Waals surface area contributed by atoms with Gasteiger partial charge in [-0.25, -0.2) is 0 Å². The van der Waals surface area contributed by atoms with Crippen molar-refractivity contribution in [1.29, 1.82) is 0 Å². The maximum Gasteiger partial charge on any atom is 0.320 e. The van der Waals surface area contributed by atoms with Gasteiger partial charge >= 0.3 is 5.97 Å². The van der Waals surface area contributed by atoms with Gasteiger partial charge in [0.15, 0.2) is 0 Å². The Morgan fingerprint density at radius 1 is 1.83 bits per heavy atom. The van der Waals surface area contributed by atoms with Crippen molar-refractivity contribution in [3.8, 4) is 0 Å². The summed E-state index contributed by atoms with van der Waals surface area (Å²) in [4.78, 5) is 10.4. The highest BCUT2D eigenvalue weighted by Gasteiger charge is 2.17. The lowest BCUT2D eigenvalue weighted by atomic mass is 10.2. The topological polar surface area (TPSA) is 58.6 Å². The third-order valence-electron chi connectivity index (χ3n) is 2.05. The van der Waals surface area contributed by atoms with Gasteiger partial charge in [0.05, 0.1) is 6.10 Å². The quantitative estimate of drug-likeness (QED) is 0.639. The SMILES string of the molecule is C[C@H](NC[C@@H]1CCCO1)C(=O)O. The van der Waals surface area contributed by atoms with Gasteiger partial charge in [-0.05, 0) is 19.8 Å². The summed E-state index contributed by atoms with van der Waals surface area (Å²) in [6, 6.07) is -0.478. The van der Waals surface area contributed by atoms with Crippen LogP contribution in [-0.2, 0) is 9.53 Å². The van der Waals surface area contributed by atoms with Gasteiger partial charge in [0.1, 0.15) is 6.04 Å². The van der Waals surface area contributed by atoms with Crippen molar-refractivity contribution in [2.45, 2.75) is 31.9 Å². The van der Waals surface area contributed by atoms with Crippen LogP contribution in [0.5, 0.6) is 0 Å². The Morgan fingerprint density at radius 2 is 2.58 bits per heavy atom. The summed E-state index contributed by atoms with van der Waals surface area (Å²) >= 11 is 0. The highest BCUT2D eigenvalue weighted by atomic mass is 16.5. The maximum absolute atomic E-state index is 10.4. The average Bonchev–Trinajstić information content (AvgIpc) is 2.51. The largest absolute Gasteiger partial charge is 0.480 e. The van der Waals surface area contributed by atoms with Crippen LogP contribution in [-0.4, -0.2) is 36.4 Å². The van der Waals surface area contributed by atoms with Gasteiger partial charge in [0.25, 0.3) is 0 Å². The first-order valence-electron chi connectivity index (χ1n) is 4.28. The Morgan fingerprint density at radius 3 is 3.08 bits per heavy atom. The van der Waals surface area contributed by atoms with Crippen LogP contribution in [0.3, 0.4) is 0 Å². The van der Waals surface area contributed by atoms with Crippen molar-refractivity contribution in [3.63, 3.8) is 0 Å². The number of aliphatic carboxylic acids is 1. The lowest BCUT2D eigenvalue weighted by Crippen LogP contribution is -2.38. The highest BCUT2D eigenvalue weighted by Crippen LogP contribution is 2.10. The van der Waals surface area contributed by atoms with Crippen LogP contribution in [0, 0.1) is 0 Å². The maximum atomic E-state index is 10.4. The average molecular weight is 173 g/mol. The number of hydrogen-bond acceptors (Lipinski definition) is 3. The van der Waals surface area contributed by atoms with Crippen LogP contribution in [0.15, 0.2) is 0 Å². The Labute approximate surface area is 71.9 Å². The number of nitrogens with one attached hydrogen (secondary N) is 1. The number of hydrogen-bond donors (Lipinski definition) is 2. The fourth-order valence-corrected chi connectivity index (χ4v) is 1.20. The van der Waals surface area contributed by atoms with Crippen LogP contribution in [0.1, 0.15) is 19.8 Å². The second-order valence-corrected chi connectivity index (χ2v) is 3.10. The highest BCUT2D eigenvalue weighted by molar-refractivity contribution is 5.72. The second-order valence-electron chi connectivity index (χ2n) is 3.10. The molecular formula is C8H15NO3. The van der Waals surface area contributed by atoms with Crippen molar-refractivity contribution in [3.05, 3.63) is 0 Å². The van der Waals surface area contributed by atoms with E-state index in [1.165, 1.54) is 0 Å². The van der Waals surface area contributed by atoms with Crippen molar-refractivity contribution in [2.24, 2.45) is 0 Å². The molecule has 0 aromatic rings. The van der Waals surface area contributed by atoms with Gasteiger partial charge in [-0.15, -0.1) is 0 Å². The monoisotopic (exact) mass is 173 g/mol. The fraction of sp³-hybridized carbons (Fsp3) is 0.875. The van der Waals surface area contributed by atoms with Crippen LogP contribution in [0.4, 0.5) is 0 Å². The van der Waals surface area contributed by atoms with E-state index >= 15 is 0 Å². The lowest BCUT2D eigenvalue weighted by Gasteiger charge is -2.13. The molecule has 1 aliphatic rings. The summed E-state index contributed by atoms with van der Waals surface area (Å²) in [5.74, 6) is -0.812. The molecule has 0 aromatic heterocycles. The Balaban J connectivity index is 2.11. The van der Waals surface area contributed by atoms with E-state index in [-0.39, 0.29) is 6.10 Å². The van der Waals surface area contributed by atoms with Gasteiger partial charge in [-0.2, -0.15) is 0 Å². The molecule has 0 saturated carbocycles. The van der Waals surface area contributed by atoms with E-state index in [4.69, 9.17) is 9.84 Å². The van der Waals surface area contributed by atoms with E-state index in [1.54, 1.807) is 6.92 Å².